The summed E-state index contributed by atoms with van der Waals surface area (Å²) in [5.74, 6) is 0.488. The van der Waals surface area contributed by atoms with Crippen molar-refractivity contribution in [1.29, 1.82) is 0 Å². The fourth-order valence-electron chi connectivity index (χ4n) is 4.21. The van der Waals surface area contributed by atoms with E-state index in [1.807, 2.05) is 37.3 Å². The molecule has 0 bridgehead atoms. The number of ether oxygens (including phenoxy) is 3. The number of amides is 3. The first-order chi connectivity index (χ1) is 21.3. The maximum Gasteiger partial charge on any atom is 0.407 e. The second-order valence-corrected chi connectivity index (χ2v) is 9.78. The maximum absolute atomic E-state index is 12.6. The largest absolute Gasteiger partial charge is 0.496 e. The van der Waals surface area contributed by atoms with Gasteiger partial charge in [-0.25, -0.2) is 14.6 Å². The molecule has 0 fully saturated rings. The minimum Gasteiger partial charge on any atom is -0.496 e. The van der Waals surface area contributed by atoms with Gasteiger partial charge in [0.25, 0.3) is 0 Å². The number of carbonyl (C=O) groups excluding carboxylic acids is 3. The summed E-state index contributed by atoms with van der Waals surface area (Å²) in [6.07, 6.45) is 2.39. The van der Waals surface area contributed by atoms with E-state index in [1.54, 1.807) is 48.7 Å². The van der Waals surface area contributed by atoms with Crippen molar-refractivity contribution in [3.8, 4) is 17.1 Å². The second-order valence-electron chi connectivity index (χ2n) is 9.78. The molecule has 0 aliphatic carbocycles. The lowest BCUT2D eigenvalue weighted by atomic mass is 10.1. The van der Waals surface area contributed by atoms with Crippen LogP contribution >= 0.6 is 0 Å². The Morgan fingerprint density at radius 2 is 1.70 bits per heavy atom. The molecule has 0 aliphatic rings. The topological polar surface area (TPSA) is 167 Å². The molecule has 230 valence electrons. The van der Waals surface area contributed by atoms with Crippen LogP contribution in [0.3, 0.4) is 0 Å². The van der Waals surface area contributed by atoms with Crippen molar-refractivity contribution in [3.05, 3.63) is 96.5 Å². The van der Waals surface area contributed by atoms with E-state index in [0.29, 0.717) is 41.3 Å². The van der Waals surface area contributed by atoms with Gasteiger partial charge in [-0.2, -0.15) is 0 Å². The van der Waals surface area contributed by atoms with Crippen LogP contribution in [-0.2, 0) is 27.2 Å². The number of esters is 1. The smallest absolute Gasteiger partial charge is 0.407 e. The summed E-state index contributed by atoms with van der Waals surface area (Å²) in [4.78, 5) is 41.3. The third-order valence-electron chi connectivity index (χ3n) is 6.52. The second kappa shape index (κ2) is 15.8. The summed E-state index contributed by atoms with van der Waals surface area (Å²) in [5, 5.41) is 8.21. The molecule has 3 aromatic carbocycles. The minimum atomic E-state index is -0.819. The highest BCUT2D eigenvalue weighted by molar-refractivity contribution is 6.00. The molecule has 3 amide bonds. The Balaban J connectivity index is 1.22. The molecule has 0 saturated heterocycles. The first-order valence-corrected chi connectivity index (χ1v) is 14.0. The van der Waals surface area contributed by atoms with E-state index in [-0.39, 0.29) is 13.2 Å². The molecule has 0 unspecified atom stereocenters. The van der Waals surface area contributed by atoms with E-state index in [4.69, 9.17) is 24.4 Å². The minimum absolute atomic E-state index is 0.103. The van der Waals surface area contributed by atoms with Crippen molar-refractivity contribution < 1.29 is 33.0 Å². The van der Waals surface area contributed by atoms with Gasteiger partial charge in [-0.05, 0) is 48.2 Å². The third-order valence-corrected chi connectivity index (χ3v) is 6.52. The highest BCUT2D eigenvalue weighted by Crippen LogP contribution is 2.32. The van der Waals surface area contributed by atoms with Crippen LogP contribution in [0.4, 0.5) is 21.0 Å². The van der Waals surface area contributed by atoms with E-state index in [9.17, 15) is 14.4 Å². The molecule has 0 saturated carbocycles. The maximum atomic E-state index is 12.6. The van der Waals surface area contributed by atoms with Crippen molar-refractivity contribution in [3.63, 3.8) is 0 Å². The van der Waals surface area contributed by atoms with Crippen molar-refractivity contribution in [2.24, 2.45) is 5.73 Å². The predicted octanol–water partition coefficient (Wildman–Crippen LogP) is 5.11. The summed E-state index contributed by atoms with van der Waals surface area (Å²) < 4.78 is 21.5. The van der Waals surface area contributed by atoms with Gasteiger partial charge in [-0.15, -0.1) is 0 Å². The van der Waals surface area contributed by atoms with E-state index in [2.05, 4.69) is 20.9 Å². The molecule has 4 aromatic rings. The van der Waals surface area contributed by atoms with Gasteiger partial charge in [-0.3, -0.25) is 4.79 Å². The number of carbonyl (C=O) groups is 3. The average Bonchev–Trinajstić information content (AvgIpc) is 3.57. The molecule has 0 aliphatic heterocycles. The van der Waals surface area contributed by atoms with E-state index >= 15 is 0 Å². The van der Waals surface area contributed by atoms with Gasteiger partial charge in [0.2, 0.25) is 0 Å². The van der Waals surface area contributed by atoms with Crippen LogP contribution in [-0.4, -0.2) is 48.9 Å². The Hall–Kier alpha value is -5.36. The molecular weight excluding hydrogens is 566 g/mol. The number of nitrogens with zero attached hydrogens (tertiary/aromatic N) is 1. The first kappa shape index (κ1) is 31.6. The number of urea groups is 1. The summed E-state index contributed by atoms with van der Waals surface area (Å²) in [5.41, 5.74) is 9.35. The number of hydrogen-bond donors (Lipinski definition) is 4. The number of aromatic nitrogens is 1. The number of alkyl carbamates (subject to hydrolysis) is 1. The number of oxazole rings is 1. The molecule has 1 heterocycles. The van der Waals surface area contributed by atoms with Gasteiger partial charge in [0.05, 0.1) is 18.9 Å². The zero-order valence-electron chi connectivity index (χ0n) is 24.4. The van der Waals surface area contributed by atoms with Crippen molar-refractivity contribution in [2.75, 3.05) is 24.4 Å². The zero-order chi connectivity index (χ0) is 31.3. The fourth-order valence-corrected chi connectivity index (χ4v) is 4.21. The van der Waals surface area contributed by atoms with Crippen LogP contribution in [0.1, 0.15) is 24.5 Å². The normalized spacial score (nSPS) is 12.0. The quantitative estimate of drug-likeness (QED) is 0.152. The summed E-state index contributed by atoms with van der Waals surface area (Å²) in [6.45, 7) is 1.86. The summed E-state index contributed by atoms with van der Waals surface area (Å²) in [6, 6.07) is 20.3. The lowest BCUT2D eigenvalue weighted by Crippen LogP contribution is -2.37. The molecule has 44 heavy (non-hydrogen) atoms. The van der Waals surface area contributed by atoms with Crippen LogP contribution in [0.15, 0.2) is 89.8 Å². The van der Waals surface area contributed by atoms with Crippen LogP contribution in [0.25, 0.3) is 11.3 Å². The Morgan fingerprint density at radius 1 is 0.955 bits per heavy atom. The standard InChI is InChI=1S/C32H35N5O7/c1-3-25(19-42-30(38)27(33)15-21-8-5-4-6-9-21)44-32(40)35-17-22-10-7-11-23(14-22)36-31(39)37-24-12-13-26(28(16-24)41-2)29-18-34-20-43-29/h4-14,16,18,20,25,27H,3,15,17,19,33H2,1-2H3,(H,35,40)(H2,36,37,39)/t25-,27-/m1/s1. The van der Waals surface area contributed by atoms with Gasteiger partial charge in [0.15, 0.2) is 12.2 Å². The Labute approximate surface area is 254 Å². The molecule has 0 spiro atoms. The molecule has 12 heteroatoms. The molecule has 2 atom stereocenters. The monoisotopic (exact) mass is 601 g/mol. The van der Waals surface area contributed by atoms with Crippen molar-refractivity contribution in [1.82, 2.24) is 10.3 Å². The van der Waals surface area contributed by atoms with E-state index < -0.39 is 30.2 Å². The Bertz CT molecular complexity index is 1530. The molecule has 1 aromatic heterocycles. The Morgan fingerprint density at radius 3 is 2.41 bits per heavy atom. The third kappa shape index (κ3) is 9.33. The summed E-state index contributed by atoms with van der Waals surface area (Å²) in [7, 11) is 1.52. The van der Waals surface area contributed by atoms with Gasteiger partial charge in [-0.1, -0.05) is 49.4 Å². The number of nitrogens with one attached hydrogen (secondary N) is 3. The number of benzene rings is 3. The highest BCUT2D eigenvalue weighted by Gasteiger charge is 2.20. The first-order valence-electron chi connectivity index (χ1n) is 14.0. The molecular formula is C32H35N5O7. The Kier molecular flexibility index (Phi) is 11.3. The number of anilines is 2. The number of nitrogens with two attached hydrogens (primary N) is 1. The predicted molar refractivity (Wildman–Crippen MR) is 164 cm³/mol. The van der Waals surface area contributed by atoms with Crippen LogP contribution in [0.2, 0.25) is 0 Å². The van der Waals surface area contributed by atoms with E-state index in [0.717, 1.165) is 11.1 Å². The highest BCUT2D eigenvalue weighted by atomic mass is 16.6. The van der Waals surface area contributed by atoms with Gasteiger partial charge in [0, 0.05) is 24.0 Å². The molecule has 12 nitrogen and oxygen atoms in total. The lowest BCUT2D eigenvalue weighted by Gasteiger charge is -2.18. The summed E-state index contributed by atoms with van der Waals surface area (Å²) >= 11 is 0. The number of hydrogen-bond acceptors (Lipinski definition) is 9. The SMILES string of the molecule is CC[C@H](COC(=O)[C@H](N)Cc1ccccc1)OC(=O)NCc1cccc(NC(=O)Nc2ccc(-c3cnco3)c(OC)c2)c1. The zero-order valence-corrected chi connectivity index (χ0v) is 24.4. The van der Waals surface area contributed by atoms with Gasteiger partial charge >= 0.3 is 18.1 Å². The molecule has 0 radical (unpaired) electrons. The van der Waals surface area contributed by atoms with E-state index in [1.165, 1.54) is 13.5 Å². The van der Waals surface area contributed by atoms with Gasteiger partial charge in [0.1, 0.15) is 24.5 Å². The van der Waals surface area contributed by atoms with Crippen molar-refractivity contribution >= 4 is 29.5 Å². The number of rotatable bonds is 13. The van der Waals surface area contributed by atoms with Crippen LogP contribution in [0.5, 0.6) is 5.75 Å². The van der Waals surface area contributed by atoms with Crippen molar-refractivity contribution in [2.45, 2.75) is 38.5 Å². The lowest BCUT2D eigenvalue weighted by molar-refractivity contribution is -0.148. The number of methoxy groups -OCH3 is 1. The average molecular weight is 602 g/mol. The fraction of sp³-hybridized carbons (Fsp3) is 0.250. The van der Waals surface area contributed by atoms with Crippen LogP contribution < -0.4 is 26.4 Å². The van der Waals surface area contributed by atoms with Gasteiger partial charge < -0.3 is 40.3 Å². The molecule has 5 N–H and O–H groups in total. The molecule has 4 rings (SSSR count). The van der Waals surface area contributed by atoms with Crippen LogP contribution in [0, 0.1) is 0 Å².